The van der Waals surface area contributed by atoms with E-state index in [4.69, 9.17) is 4.74 Å². The normalized spacial score (nSPS) is 16.9. The summed E-state index contributed by atoms with van der Waals surface area (Å²) in [4.78, 5) is 29.9. The summed E-state index contributed by atoms with van der Waals surface area (Å²) in [5.41, 5.74) is 2.53. The maximum Gasteiger partial charge on any atom is 0.267 e. The van der Waals surface area contributed by atoms with Gasteiger partial charge in [0.1, 0.15) is 11.5 Å². The van der Waals surface area contributed by atoms with Crippen LogP contribution in [0.1, 0.15) is 25.3 Å². The highest BCUT2D eigenvalue weighted by Crippen LogP contribution is 2.37. The van der Waals surface area contributed by atoms with Gasteiger partial charge in [-0.1, -0.05) is 0 Å². The first kappa shape index (κ1) is 15.7. The first-order valence-electron chi connectivity index (χ1n) is 7.49. The molecular weight excluding hydrogens is 312 g/mol. The molecule has 3 rings (SSSR count). The van der Waals surface area contributed by atoms with Crippen LogP contribution in [0, 0.1) is 6.92 Å². The zero-order valence-electron chi connectivity index (χ0n) is 13.3. The van der Waals surface area contributed by atoms with Gasteiger partial charge in [-0.05, 0) is 39.0 Å². The average Bonchev–Trinajstić information content (AvgIpc) is 2.94. The fraction of sp³-hybridized carbons (Fsp3) is 0.353. The Bertz CT molecular complexity index is 769. The predicted octanol–water partition coefficient (Wildman–Crippen LogP) is 3.21. The molecule has 0 saturated heterocycles. The number of aromatic nitrogens is 1. The molecule has 0 saturated carbocycles. The van der Waals surface area contributed by atoms with Gasteiger partial charge >= 0.3 is 0 Å². The second-order valence-electron chi connectivity index (χ2n) is 5.64. The molecule has 0 radical (unpaired) electrons. The number of carbonyl (C=O) groups is 2. The topological polar surface area (TPSA) is 59.5 Å². The van der Waals surface area contributed by atoms with Gasteiger partial charge in [0.25, 0.3) is 5.91 Å². The lowest BCUT2D eigenvalue weighted by molar-refractivity contribution is -0.125. The van der Waals surface area contributed by atoms with Crippen LogP contribution in [0.2, 0.25) is 0 Å². The number of nitrogens with zero attached hydrogens (tertiary/aromatic N) is 2. The number of hydrogen-bond acceptors (Lipinski definition) is 5. The van der Waals surface area contributed by atoms with Crippen molar-refractivity contribution in [3.05, 3.63) is 28.6 Å². The van der Waals surface area contributed by atoms with Crippen LogP contribution in [0.4, 0.5) is 5.69 Å². The van der Waals surface area contributed by atoms with Gasteiger partial charge in [0.2, 0.25) is 0 Å². The molecule has 1 aliphatic rings. The Morgan fingerprint density at radius 3 is 2.87 bits per heavy atom. The number of fused-ring (bicyclic) bond motifs is 1. The van der Waals surface area contributed by atoms with Crippen molar-refractivity contribution in [1.82, 2.24) is 4.98 Å². The Morgan fingerprint density at radius 1 is 1.43 bits per heavy atom. The lowest BCUT2D eigenvalue weighted by Crippen LogP contribution is -2.45. The number of anilines is 1. The van der Waals surface area contributed by atoms with Crippen LogP contribution in [-0.4, -0.2) is 29.3 Å². The summed E-state index contributed by atoms with van der Waals surface area (Å²) in [6, 6.07) is 5.72. The maximum absolute atomic E-state index is 12.4. The minimum Gasteiger partial charge on any atom is -0.479 e. The van der Waals surface area contributed by atoms with Crippen LogP contribution in [0.3, 0.4) is 0 Å². The lowest BCUT2D eigenvalue weighted by atomic mass is 10.1. The van der Waals surface area contributed by atoms with Crippen molar-refractivity contribution >= 4 is 28.7 Å². The summed E-state index contributed by atoms with van der Waals surface area (Å²) < 4.78 is 5.68. The Balaban J connectivity index is 2.00. The third kappa shape index (κ3) is 3.12. The van der Waals surface area contributed by atoms with E-state index >= 15 is 0 Å². The van der Waals surface area contributed by atoms with Gasteiger partial charge in [-0.3, -0.25) is 9.59 Å². The van der Waals surface area contributed by atoms with Gasteiger partial charge in [0, 0.05) is 23.9 Å². The predicted molar refractivity (Wildman–Crippen MR) is 90.0 cm³/mol. The molecule has 2 heterocycles. The number of Topliss-reactive ketones (excluding diaryl/α,β-unsaturated/α-hetero) is 1. The zero-order chi connectivity index (χ0) is 16.6. The molecule has 5 nitrogen and oxygen atoms in total. The number of ketones is 1. The van der Waals surface area contributed by atoms with Crippen molar-refractivity contribution in [2.24, 2.45) is 0 Å². The van der Waals surface area contributed by atoms with E-state index in [0.717, 1.165) is 16.3 Å². The van der Waals surface area contributed by atoms with Crippen molar-refractivity contribution in [1.29, 1.82) is 0 Å². The number of ether oxygens (including phenoxy) is 1. The molecule has 120 valence electrons. The van der Waals surface area contributed by atoms with Gasteiger partial charge in [0.05, 0.1) is 16.4 Å². The second kappa shape index (κ2) is 6.12. The fourth-order valence-corrected chi connectivity index (χ4v) is 3.18. The minimum atomic E-state index is -0.540. The van der Waals surface area contributed by atoms with E-state index in [2.05, 4.69) is 4.98 Å². The molecule has 0 aliphatic carbocycles. The number of benzene rings is 1. The second-order valence-corrected chi connectivity index (χ2v) is 6.70. The highest BCUT2D eigenvalue weighted by molar-refractivity contribution is 7.09. The minimum absolute atomic E-state index is 0.0600. The zero-order valence-corrected chi connectivity index (χ0v) is 14.1. The standard InChI is InChI=1S/C17H18N2O3S/c1-10(20)6-7-19-15-8-13(14-9-23-12(3)18-14)4-5-16(15)22-11(2)17(19)21/h4-5,8-9,11H,6-7H2,1-3H3. The average molecular weight is 330 g/mol. The van der Waals surface area contributed by atoms with Crippen LogP contribution in [0.25, 0.3) is 11.3 Å². The molecule has 0 spiro atoms. The van der Waals surface area contributed by atoms with Crippen LogP contribution in [0.5, 0.6) is 5.75 Å². The molecule has 1 amide bonds. The summed E-state index contributed by atoms with van der Waals surface area (Å²) in [6.45, 7) is 5.59. The lowest BCUT2D eigenvalue weighted by Gasteiger charge is -2.33. The molecule has 1 atom stereocenters. The van der Waals surface area contributed by atoms with Gasteiger partial charge < -0.3 is 9.64 Å². The van der Waals surface area contributed by atoms with E-state index in [1.165, 1.54) is 6.92 Å². The molecule has 23 heavy (non-hydrogen) atoms. The molecule has 0 N–H and O–H groups in total. The molecular formula is C17H18N2O3S. The molecule has 1 aliphatic heterocycles. The Kier molecular flexibility index (Phi) is 4.17. The molecule has 0 bridgehead atoms. The number of rotatable bonds is 4. The maximum atomic E-state index is 12.4. The van der Waals surface area contributed by atoms with E-state index in [9.17, 15) is 9.59 Å². The quantitative estimate of drug-likeness (QED) is 0.864. The smallest absolute Gasteiger partial charge is 0.267 e. The van der Waals surface area contributed by atoms with E-state index in [0.29, 0.717) is 24.4 Å². The van der Waals surface area contributed by atoms with Crippen LogP contribution < -0.4 is 9.64 Å². The van der Waals surface area contributed by atoms with Crippen molar-refractivity contribution in [3.8, 4) is 17.0 Å². The monoisotopic (exact) mass is 330 g/mol. The van der Waals surface area contributed by atoms with Crippen molar-refractivity contribution in [2.75, 3.05) is 11.4 Å². The summed E-state index contributed by atoms with van der Waals surface area (Å²) in [6.07, 6.45) is -0.209. The number of hydrogen-bond donors (Lipinski definition) is 0. The van der Waals surface area contributed by atoms with E-state index in [1.807, 2.05) is 30.5 Å². The van der Waals surface area contributed by atoms with E-state index < -0.39 is 6.10 Å². The Hall–Kier alpha value is -2.21. The van der Waals surface area contributed by atoms with Crippen molar-refractivity contribution < 1.29 is 14.3 Å². The van der Waals surface area contributed by atoms with Crippen LogP contribution in [0.15, 0.2) is 23.6 Å². The summed E-state index contributed by atoms with van der Waals surface area (Å²) in [5.74, 6) is 0.603. The van der Waals surface area contributed by atoms with Crippen LogP contribution >= 0.6 is 11.3 Å². The molecule has 0 fully saturated rings. The number of amides is 1. The van der Waals surface area contributed by atoms with Crippen molar-refractivity contribution in [3.63, 3.8) is 0 Å². The van der Waals surface area contributed by atoms with Gasteiger partial charge in [-0.25, -0.2) is 4.98 Å². The molecule has 1 unspecified atom stereocenters. The van der Waals surface area contributed by atoms with E-state index in [1.54, 1.807) is 23.2 Å². The van der Waals surface area contributed by atoms with Gasteiger partial charge in [-0.2, -0.15) is 0 Å². The summed E-state index contributed by atoms with van der Waals surface area (Å²) in [5, 5.41) is 2.98. The third-order valence-corrected chi connectivity index (χ3v) is 4.54. The number of aryl methyl sites for hydroxylation is 1. The first-order chi connectivity index (χ1) is 11.0. The van der Waals surface area contributed by atoms with Crippen LogP contribution in [-0.2, 0) is 9.59 Å². The molecule has 1 aromatic heterocycles. The Labute approximate surface area is 138 Å². The number of thiazole rings is 1. The third-order valence-electron chi connectivity index (χ3n) is 3.77. The SMILES string of the molecule is CC(=O)CCN1C(=O)C(C)Oc2ccc(-c3csc(C)n3)cc21. The van der Waals surface area contributed by atoms with Crippen molar-refractivity contribution in [2.45, 2.75) is 33.3 Å². The Morgan fingerprint density at radius 2 is 2.22 bits per heavy atom. The molecule has 2 aromatic rings. The first-order valence-corrected chi connectivity index (χ1v) is 8.37. The number of carbonyl (C=O) groups excluding carboxylic acids is 2. The molecule has 6 heteroatoms. The summed E-state index contributed by atoms with van der Waals surface area (Å²) >= 11 is 1.58. The summed E-state index contributed by atoms with van der Waals surface area (Å²) in [7, 11) is 0. The van der Waals surface area contributed by atoms with Gasteiger partial charge in [-0.15, -0.1) is 11.3 Å². The highest BCUT2D eigenvalue weighted by Gasteiger charge is 2.31. The molecule has 1 aromatic carbocycles. The van der Waals surface area contributed by atoms with E-state index in [-0.39, 0.29) is 11.7 Å². The highest BCUT2D eigenvalue weighted by atomic mass is 32.1. The fourth-order valence-electron chi connectivity index (χ4n) is 2.56. The van der Waals surface area contributed by atoms with Gasteiger partial charge in [0.15, 0.2) is 6.10 Å². The largest absolute Gasteiger partial charge is 0.479 e.